The summed E-state index contributed by atoms with van der Waals surface area (Å²) in [5.74, 6) is 0. The minimum absolute atomic E-state index is 0.0112. The summed E-state index contributed by atoms with van der Waals surface area (Å²) in [4.78, 5) is 9.65. The van der Waals surface area contributed by atoms with Crippen molar-refractivity contribution in [2.45, 2.75) is 18.6 Å². The van der Waals surface area contributed by atoms with Crippen LogP contribution in [-0.2, 0) is 4.74 Å². The largest absolute Gasteiger partial charge is 0.548 e. The van der Waals surface area contributed by atoms with E-state index < -0.39 is 6.16 Å². The first kappa shape index (κ1) is 8.62. The van der Waals surface area contributed by atoms with E-state index in [0.717, 1.165) is 6.42 Å². The minimum atomic E-state index is -1.48. The Hall–Kier alpha value is -0.380. The molecule has 0 aromatic rings. The molecule has 1 unspecified atom stereocenters. The molecule has 0 rings (SSSR count). The summed E-state index contributed by atoms with van der Waals surface area (Å²) in [5.41, 5.74) is 0. The van der Waals surface area contributed by atoms with Crippen molar-refractivity contribution in [1.82, 2.24) is 0 Å². The van der Waals surface area contributed by atoms with Gasteiger partial charge in [0.1, 0.15) is 0 Å². The van der Waals surface area contributed by atoms with Crippen molar-refractivity contribution in [2.75, 3.05) is 6.61 Å². The summed E-state index contributed by atoms with van der Waals surface area (Å²) >= 11 is 3.99. The SMILES string of the molecule is CCC(S)COC(=O)[O-]. The van der Waals surface area contributed by atoms with Gasteiger partial charge in [-0.25, -0.2) is 0 Å². The maximum Gasteiger partial charge on any atom is 0.252 e. The zero-order valence-corrected chi connectivity index (χ0v) is 6.06. The molecule has 0 aromatic heterocycles. The first-order valence-corrected chi connectivity index (χ1v) is 3.20. The van der Waals surface area contributed by atoms with Gasteiger partial charge in [0.15, 0.2) is 0 Å². The molecule has 0 aromatic carbocycles. The van der Waals surface area contributed by atoms with E-state index in [1.165, 1.54) is 0 Å². The Morgan fingerprint density at radius 3 is 2.78 bits per heavy atom. The fraction of sp³-hybridized carbons (Fsp3) is 0.800. The molecular formula is C5H9O3S-. The Labute approximate surface area is 59.4 Å². The highest BCUT2D eigenvalue weighted by Crippen LogP contribution is 1.99. The molecule has 0 fully saturated rings. The number of carbonyl (C=O) groups is 1. The summed E-state index contributed by atoms with van der Waals surface area (Å²) in [6.45, 7) is 2.01. The number of hydrogen-bond donors (Lipinski definition) is 1. The average molecular weight is 149 g/mol. The topological polar surface area (TPSA) is 49.4 Å². The van der Waals surface area contributed by atoms with Gasteiger partial charge >= 0.3 is 0 Å². The number of carbonyl (C=O) groups excluding carboxylic acids is 1. The van der Waals surface area contributed by atoms with Crippen molar-refractivity contribution < 1.29 is 14.6 Å². The Bertz CT molecular complexity index is 94.2. The van der Waals surface area contributed by atoms with Crippen molar-refractivity contribution >= 4 is 18.8 Å². The average Bonchev–Trinajstić information content (AvgIpc) is 1.83. The molecule has 54 valence electrons. The molecule has 0 bridgehead atoms. The molecule has 0 saturated carbocycles. The third kappa shape index (κ3) is 5.49. The van der Waals surface area contributed by atoms with Crippen LogP contribution in [0.15, 0.2) is 0 Å². The van der Waals surface area contributed by atoms with Crippen LogP contribution in [-0.4, -0.2) is 18.0 Å². The van der Waals surface area contributed by atoms with Gasteiger partial charge in [-0.05, 0) is 6.42 Å². The molecule has 0 aliphatic heterocycles. The van der Waals surface area contributed by atoms with Gasteiger partial charge in [-0.15, -0.1) is 0 Å². The van der Waals surface area contributed by atoms with E-state index in [9.17, 15) is 9.90 Å². The lowest BCUT2D eigenvalue weighted by atomic mass is 10.3. The van der Waals surface area contributed by atoms with Gasteiger partial charge < -0.3 is 14.6 Å². The van der Waals surface area contributed by atoms with Gasteiger partial charge in [-0.1, -0.05) is 6.92 Å². The van der Waals surface area contributed by atoms with Crippen LogP contribution >= 0.6 is 12.6 Å². The van der Waals surface area contributed by atoms with E-state index in [2.05, 4.69) is 17.4 Å². The first-order valence-electron chi connectivity index (χ1n) is 2.68. The minimum Gasteiger partial charge on any atom is -0.548 e. The highest BCUT2D eigenvalue weighted by molar-refractivity contribution is 7.81. The third-order valence-electron chi connectivity index (χ3n) is 0.865. The van der Waals surface area contributed by atoms with Gasteiger partial charge in [-0.2, -0.15) is 12.6 Å². The van der Waals surface area contributed by atoms with Gasteiger partial charge in [0.05, 0.1) is 0 Å². The molecule has 9 heavy (non-hydrogen) atoms. The molecule has 0 aliphatic rings. The standard InChI is InChI=1S/C5H10O3S/c1-2-4(9)3-8-5(6)7/h4,9H,2-3H2,1H3,(H,6,7)/p-1. The van der Waals surface area contributed by atoms with E-state index in [0.29, 0.717) is 0 Å². The van der Waals surface area contributed by atoms with Gasteiger partial charge in [0.25, 0.3) is 6.16 Å². The molecule has 0 amide bonds. The lowest BCUT2D eigenvalue weighted by Gasteiger charge is -2.11. The van der Waals surface area contributed by atoms with Crippen LogP contribution in [0.3, 0.4) is 0 Å². The lowest BCUT2D eigenvalue weighted by molar-refractivity contribution is -0.282. The quantitative estimate of drug-likeness (QED) is 0.456. The highest BCUT2D eigenvalue weighted by Gasteiger charge is 1.95. The van der Waals surface area contributed by atoms with Crippen LogP contribution in [0, 0.1) is 0 Å². The second-order valence-corrected chi connectivity index (χ2v) is 2.35. The Morgan fingerprint density at radius 1 is 1.89 bits per heavy atom. The normalized spacial score (nSPS) is 12.7. The van der Waals surface area contributed by atoms with Crippen LogP contribution in [0.1, 0.15) is 13.3 Å². The van der Waals surface area contributed by atoms with E-state index >= 15 is 0 Å². The predicted molar refractivity (Wildman–Crippen MR) is 34.4 cm³/mol. The molecule has 0 aliphatic carbocycles. The van der Waals surface area contributed by atoms with Crippen molar-refractivity contribution in [2.24, 2.45) is 0 Å². The molecule has 3 nitrogen and oxygen atoms in total. The molecule has 0 heterocycles. The number of ether oxygens (including phenoxy) is 1. The zero-order valence-electron chi connectivity index (χ0n) is 5.16. The van der Waals surface area contributed by atoms with Gasteiger partial charge in [0, 0.05) is 11.9 Å². The fourth-order valence-electron chi connectivity index (χ4n) is 0.282. The Balaban J connectivity index is 3.16. The third-order valence-corrected chi connectivity index (χ3v) is 1.38. The molecule has 4 heteroatoms. The van der Waals surface area contributed by atoms with Crippen LogP contribution < -0.4 is 5.11 Å². The van der Waals surface area contributed by atoms with Gasteiger partial charge in [-0.3, -0.25) is 0 Å². The number of thiol groups is 1. The van der Waals surface area contributed by atoms with Crippen molar-refractivity contribution in [3.8, 4) is 0 Å². The van der Waals surface area contributed by atoms with Crippen molar-refractivity contribution in [3.05, 3.63) is 0 Å². The summed E-state index contributed by atoms with van der Waals surface area (Å²) < 4.78 is 4.12. The zero-order chi connectivity index (χ0) is 7.28. The molecule has 0 spiro atoms. The van der Waals surface area contributed by atoms with E-state index in [1.807, 2.05) is 6.92 Å². The number of rotatable bonds is 3. The highest BCUT2D eigenvalue weighted by atomic mass is 32.1. The van der Waals surface area contributed by atoms with E-state index in [1.54, 1.807) is 0 Å². The van der Waals surface area contributed by atoms with Crippen LogP contribution in [0.5, 0.6) is 0 Å². The smallest absolute Gasteiger partial charge is 0.252 e. The van der Waals surface area contributed by atoms with E-state index in [-0.39, 0.29) is 11.9 Å². The summed E-state index contributed by atoms with van der Waals surface area (Å²) in [5, 5.41) is 9.64. The Kier molecular flexibility index (Phi) is 4.30. The molecule has 0 saturated heterocycles. The summed E-state index contributed by atoms with van der Waals surface area (Å²) in [6.07, 6.45) is -0.696. The maximum atomic E-state index is 9.65. The molecule has 0 radical (unpaired) electrons. The lowest BCUT2D eigenvalue weighted by Crippen LogP contribution is -2.26. The second kappa shape index (κ2) is 4.49. The van der Waals surface area contributed by atoms with Crippen LogP contribution in [0.4, 0.5) is 4.79 Å². The predicted octanol–water partition coefficient (Wildman–Crippen LogP) is 0.0547. The van der Waals surface area contributed by atoms with Crippen molar-refractivity contribution in [1.29, 1.82) is 0 Å². The summed E-state index contributed by atoms with van der Waals surface area (Å²) in [7, 11) is 0. The molecule has 1 atom stereocenters. The van der Waals surface area contributed by atoms with Gasteiger partial charge in [0.2, 0.25) is 0 Å². The van der Waals surface area contributed by atoms with Crippen molar-refractivity contribution in [3.63, 3.8) is 0 Å². The monoisotopic (exact) mass is 149 g/mol. The van der Waals surface area contributed by atoms with Crippen LogP contribution in [0.2, 0.25) is 0 Å². The molecule has 0 N–H and O–H groups in total. The fourth-order valence-corrected chi connectivity index (χ4v) is 0.357. The molecular weight excluding hydrogens is 140 g/mol. The van der Waals surface area contributed by atoms with Crippen LogP contribution in [0.25, 0.3) is 0 Å². The maximum absolute atomic E-state index is 9.65. The van der Waals surface area contributed by atoms with E-state index in [4.69, 9.17) is 0 Å². The number of hydrogen-bond acceptors (Lipinski definition) is 4. The second-order valence-electron chi connectivity index (χ2n) is 1.62. The summed E-state index contributed by atoms with van der Waals surface area (Å²) in [6, 6.07) is 0. The number of carboxylic acid groups (broad SMARTS) is 1. The Morgan fingerprint density at radius 2 is 2.44 bits per heavy atom. The first-order chi connectivity index (χ1) is 4.16.